The summed E-state index contributed by atoms with van der Waals surface area (Å²) in [6, 6.07) is 9.53. The molecule has 0 bridgehead atoms. The number of amides is 1. The number of nitrogens with one attached hydrogen (secondary N) is 1. The Morgan fingerprint density at radius 3 is 2.60 bits per heavy atom. The topological polar surface area (TPSA) is 110 Å². The minimum absolute atomic E-state index is 0.207. The van der Waals surface area contributed by atoms with Crippen molar-refractivity contribution in [3.05, 3.63) is 83.5 Å². The van der Waals surface area contributed by atoms with Crippen molar-refractivity contribution < 1.29 is 14.3 Å². The monoisotopic (exact) mass is 467 g/mol. The average Bonchev–Trinajstić information content (AvgIpc) is 3.60. The van der Waals surface area contributed by atoms with E-state index in [0.717, 1.165) is 11.1 Å². The van der Waals surface area contributed by atoms with Crippen LogP contribution < -0.4 is 4.74 Å². The lowest BCUT2D eigenvalue weighted by Gasteiger charge is -2.28. The predicted octanol–water partition coefficient (Wildman–Crippen LogP) is 3.29. The number of fused-ring (bicyclic) bond motifs is 1. The minimum atomic E-state index is -0.633. The number of piperidine rings is 1. The van der Waals surface area contributed by atoms with Crippen LogP contribution in [0.25, 0.3) is 27.3 Å². The van der Waals surface area contributed by atoms with E-state index in [-0.39, 0.29) is 5.56 Å². The first-order valence-electron chi connectivity index (χ1n) is 11.0. The molecule has 10 nitrogen and oxygen atoms in total. The number of methoxy groups -OCH3 is 1. The number of Topliss-reactive ketones (excluding diaryl/α,β-unsaturated/α-hetero) is 1. The molecule has 1 fully saturated rings. The van der Waals surface area contributed by atoms with E-state index in [9.17, 15) is 9.59 Å². The van der Waals surface area contributed by atoms with Gasteiger partial charge in [-0.2, -0.15) is 5.10 Å². The summed E-state index contributed by atoms with van der Waals surface area (Å²) in [7, 11) is 1.48. The van der Waals surface area contributed by atoms with E-state index < -0.39 is 11.7 Å². The van der Waals surface area contributed by atoms with Crippen molar-refractivity contribution in [1.82, 2.24) is 29.6 Å². The number of ether oxygens (including phenoxy) is 1. The second-order valence-corrected chi connectivity index (χ2v) is 7.99. The lowest BCUT2D eigenvalue weighted by Crippen LogP contribution is -2.40. The number of aromatic nitrogens is 5. The van der Waals surface area contributed by atoms with E-state index in [0.29, 0.717) is 54.1 Å². The molecule has 0 aliphatic carbocycles. The van der Waals surface area contributed by atoms with Gasteiger partial charge in [-0.15, -0.1) is 0 Å². The zero-order valence-electron chi connectivity index (χ0n) is 18.9. The van der Waals surface area contributed by atoms with Crippen LogP contribution in [0.5, 0.6) is 5.75 Å². The zero-order valence-corrected chi connectivity index (χ0v) is 18.9. The molecule has 0 spiro atoms. The Kier molecular flexibility index (Phi) is 5.81. The van der Waals surface area contributed by atoms with Crippen LogP contribution in [-0.2, 0) is 4.79 Å². The number of aromatic amines is 1. The van der Waals surface area contributed by atoms with Crippen molar-refractivity contribution in [3.8, 4) is 11.6 Å². The van der Waals surface area contributed by atoms with Gasteiger partial charge >= 0.3 is 0 Å². The van der Waals surface area contributed by atoms with E-state index in [1.165, 1.54) is 36.8 Å². The van der Waals surface area contributed by atoms with E-state index in [1.54, 1.807) is 4.90 Å². The molecule has 174 valence electrons. The molecule has 1 aliphatic rings. The number of pyridine rings is 1. The lowest BCUT2D eigenvalue weighted by molar-refractivity contribution is -0.126. The summed E-state index contributed by atoms with van der Waals surface area (Å²) in [5.74, 6) is -0.416. The quantitative estimate of drug-likeness (QED) is 0.274. The number of nitrogens with zero attached hydrogens (tertiary/aromatic N) is 6. The number of hydrogen-bond acceptors (Lipinski definition) is 6. The molecule has 1 amide bonds. The molecule has 0 saturated carbocycles. The molecule has 0 atom stereocenters. The van der Waals surface area contributed by atoms with Crippen LogP contribution in [0.2, 0.25) is 0 Å². The van der Waals surface area contributed by atoms with Crippen LogP contribution in [0.4, 0.5) is 0 Å². The maximum absolute atomic E-state index is 13.3. The molecule has 0 radical (unpaired) electrons. The van der Waals surface area contributed by atoms with Gasteiger partial charge in [-0.1, -0.05) is 35.9 Å². The van der Waals surface area contributed by atoms with Crippen molar-refractivity contribution in [2.75, 3.05) is 20.2 Å². The fraction of sp³-hybridized carbons (Fsp3) is 0.200. The van der Waals surface area contributed by atoms with Crippen LogP contribution in [0.15, 0.2) is 61.0 Å². The van der Waals surface area contributed by atoms with Crippen molar-refractivity contribution in [1.29, 1.82) is 0 Å². The molecule has 1 aliphatic heterocycles. The predicted molar refractivity (Wildman–Crippen MR) is 128 cm³/mol. The number of likely N-dealkylation sites (tertiary alicyclic amines) is 1. The molecule has 5 rings (SSSR count). The number of benzene rings is 1. The highest BCUT2D eigenvalue weighted by atomic mass is 16.5. The number of hydrogen-bond donors (Lipinski definition) is 1. The molecule has 3 aromatic heterocycles. The Bertz CT molecular complexity index is 1470. The molecule has 1 saturated heterocycles. The maximum atomic E-state index is 13.3. The number of ketones is 1. The smallest absolute Gasteiger partial charge is 0.295 e. The lowest BCUT2D eigenvalue weighted by atomic mass is 9.97. The van der Waals surface area contributed by atoms with Crippen LogP contribution in [-0.4, -0.2) is 61.5 Å². The van der Waals surface area contributed by atoms with E-state index >= 15 is 0 Å². The number of rotatable bonds is 5. The Labute approximate surface area is 200 Å². The van der Waals surface area contributed by atoms with Gasteiger partial charge in [-0.05, 0) is 18.4 Å². The Morgan fingerprint density at radius 2 is 1.94 bits per heavy atom. The standard InChI is InChI=1S/C25H21N7O3/c1-26-21(16-6-4-3-5-7-16)17-8-10-31(11-9-17)25(34)23(33)18-12-28-22-20(18)19(35-2)13-29-24(22)32-15-27-14-30-32/h3-7,12-15,28H,8-11H2,2H3. The largest absolute Gasteiger partial charge is 0.494 e. The Morgan fingerprint density at radius 1 is 1.17 bits per heavy atom. The van der Waals surface area contributed by atoms with Gasteiger partial charge in [-0.3, -0.25) is 9.59 Å². The second kappa shape index (κ2) is 9.23. The van der Waals surface area contributed by atoms with E-state index in [1.807, 2.05) is 30.3 Å². The van der Waals surface area contributed by atoms with Gasteiger partial charge in [-0.25, -0.2) is 19.5 Å². The summed E-state index contributed by atoms with van der Waals surface area (Å²) in [5, 5.41) is 4.56. The third-order valence-corrected chi connectivity index (χ3v) is 6.10. The SMILES string of the molecule is [C-]#[N+]C(=C1CCN(C(=O)C(=O)c2c[nH]c3c(-n4cncn4)ncc(OC)c23)CC1)c1ccccc1. The first-order valence-corrected chi connectivity index (χ1v) is 11.0. The molecule has 35 heavy (non-hydrogen) atoms. The molecule has 10 heteroatoms. The Hall–Kier alpha value is -4.78. The average molecular weight is 467 g/mol. The molecular formula is C25H21N7O3. The first-order chi connectivity index (χ1) is 17.1. The molecule has 1 aromatic carbocycles. The molecule has 4 aromatic rings. The van der Waals surface area contributed by atoms with Crippen LogP contribution in [0.1, 0.15) is 28.8 Å². The van der Waals surface area contributed by atoms with Crippen molar-refractivity contribution >= 4 is 28.3 Å². The highest BCUT2D eigenvalue weighted by Gasteiger charge is 2.30. The molecule has 1 N–H and O–H groups in total. The second-order valence-electron chi connectivity index (χ2n) is 7.99. The summed E-state index contributed by atoms with van der Waals surface area (Å²) in [4.78, 5) is 43.1. The summed E-state index contributed by atoms with van der Waals surface area (Å²) < 4.78 is 6.90. The highest BCUT2D eigenvalue weighted by molar-refractivity contribution is 6.45. The number of carbonyl (C=O) groups is 2. The summed E-state index contributed by atoms with van der Waals surface area (Å²) in [6.07, 6.45) is 6.95. The maximum Gasteiger partial charge on any atom is 0.295 e. The van der Waals surface area contributed by atoms with Crippen molar-refractivity contribution in [2.24, 2.45) is 0 Å². The molecule has 0 unspecified atom stereocenters. The molecule has 4 heterocycles. The summed E-state index contributed by atoms with van der Waals surface area (Å²) >= 11 is 0. The first kappa shape index (κ1) is 22.0. The van der Waals surface area contributed by atoms with Gasteiger partial charge in [0.2, 0.25) is 0 Å². The highest BCUT2D eigenvalue weighted by Crippen LogP contribution is 2.32. The fourth-order valence-electron chi connectivity index (χ4n) is 4.35. The summed E-state index contributed by atoms with van der Waals surface area (Å²) in [6.45, 7) is 8.36. The van der Waals surface area contributed by atoms with Crippen molar-refractivity contribution in [2.45, 2.75) is 12.8 Å². The van der Waals surface area contributed by atoms with Crippen molar-refractivity contribution in [3.63, 3.8) is 0 Å². The fourth-order valence-corrected chi connectivity index (χ4v) is 4.35. The third kappa shape index (κ3) is 3.93. The minimum Gasteiger partial charge on any atom is -0.494 e. The third-order valence-electron chi connectivity index (χ3n) is 6.10. The van der Waals surface area contributed by atoms with E-state index in [2.05, 4.69) is 24.9 Å². The van der Waals surface area contributed by atoms with Crippen LogP contribution in [0.3, 0.4) is 0 Å². The van der Waals surface area contributed by atoms with Crippen LogP contribution >= 0.6 is 0 Å². The Balaban J connectivity index is 1.41. The van der Waals surface area contributed by atoms with Gasteiger partial charge in [0.25, 0.3) is 11.7 Å². The van der Waals surface area contributed by atoms with Gasteiger partial charge < -0.3 is 14.6 Å². The number of carbonyl (C=O) groups excluding carboxylic acids is 2. The molecular weight excluding hydrogens is 446 g/mol. The van der Waals surface area contributed by atoms with Gasteiger partial charge in [0.05, 0.1) is 36.3 Å². The number of H-pyrrole nitrogens is 1. The van der Waals surface area contributed by atoms with Gasteiger partial charge in [0.15, 0.2) is 11.5 Å². The van der Waals surface area contributed by atoms with Crippen LogP contribution in [0, 0.1) is 6.57 Å². The zero-order chi connectivity index (χ0) is 24.4. The summed E-state index contributed by atoms with van der Waals surface area (Å²) in [5.41, 5.74) is 3.21. The van der Waals surface area contributed by atoms with Gasteiger partial charge in [0.1, 0.15) is 18.4 Å². The van der Waals surface area contributed by atoms with Gasteiger partial charge in [0, 0.05) is 19.3 Å². The normalized spacial score (nSPS) is 13.5. The van der Waals surface area contributed by atoms with E-state index in [4.69, 9.17) is 11.3 Å².